The molecule has 0 aliphatic heterocycles. The third-order valence-corrected chi connectivity index (χ3v) is 1.40. The van der Waals surface area contributed by atoms with Crippen LogP contribution in [0.5, 0.6) is 0 Å². The van der Waals surface area contributed by atoms with Crippen molar-refractivity contribution in [2.45, 2.75) is 31.6 Å². The van der Waals surface area contributed by atoms with Gasteiger partial charge in [-0.05, 0) is 0 Å². The zero-order chi connectivity index (χ0) is 12.3. The summed E-state index contributed by atoms with van der Waals surface area (Å²) >= 11 is 0. The highest BCUT2D eigenvalue weighted by Gasteiger charge is 2.58. The zero-order valence-electron chi connectivity index (χ0n) is 7.58. The molecule has 0 saturated heterocycles. The van der Waals surface area contributed by atoms with Crippen molar-refractivity contribution >= 4 is 5.97 Å². The van der Waals surface area contributed by atoms with Crippen molar-refractivity contribution in [3.63, 3.8) is 0 Å². The molecule has 90 valence electrons. The molecule has 2 nitrogen and oxygen atoms in total. The maximum Gasteiger partial charge on any atom is 0.343 e. The third kappa shape index (κ3) is 4.39. The lowest BCUT2D eigenvalue weighted by molar-refractivity contribution is -0.242. The fourth-order valence-electron chi connectivity index (χ4n) is 0.641. The van der Waals surface area contributed by atoms with Crippen LogP contribution in [0, 0.1) is 0 Å². The Bertz CT molecular complexity index is 228. The Morgan fingerprint density at radius 2 is 1.67 bits per heavy atom. The van der Waals surface area contributed by atoms with E-state index in [4.69, 9.17) is 0 Å². The molecule has 0 spiro atoms. The van der Waals surface area contributed by atoms with E-state index in [0.29, 0.717) is 0 Å². The molecule has 0 aromatic heterocycles. The normalized spacial score (nSPS) is 13.1. The Morgan fingerprint density at radius 1 is 1.20 bits per heavy atom. The van der Waals surface area contributed by atoms with Gasteiger partial charge in [-0.1, -0.05) is 0 Å². The molecule has 0 aliphatic carbocycles. The smallest absolute Gasteiger partial charge is 0.343 e. The average Bonchev–Trinajstić information content (AvgIpc) is 1.98. The largest absolute Gasteiger partial charge is 0.459 e. The minimum Gasteiger partial charge on any atom is -0.459 e. The number of rotatable bonds is 5. The molecular formula is C7H8F6O2. The van der Waals surface area contributed by atoms with Gasteiger partial charge in [-0.15, -0.1) is 0 Å². The Labute approximate surface area is 81.2 Å². The predicted molar refractivity (Wildman–Crippen MR) is 37.1 cm³/mol. The van der Waals surface area contributed by atoms with Crippen LogP contribution in [0.15, 0.2) is 0 Å². The van der Waals surface area contributed by atoms with E-state index in [1.807, 2.05) is 0 Å². The lowest BCUT2D eigenvalue weighted by atomic mass is 10.1. The molecule has 0 amide bonds. The van der Waals surface area contributed by atoms with Crippen LogP contribution in [0.4, 0.5) is 26.3 Å². The van der Waals surface area contributed by atoms with Gasteiger partial charge >= 0.3 is 17.8 Å². The monoisotopic (exact) mass is 238 g/mol. The van der Waals surface area contributed by atoms with E-state index >= 15 is 0 Å². The first-order valence-electron chi connectivity index (χ1n) is 3.75. The van der Waals surface area contributed by atoms with E-state index in [1.54, 1.807) is 0 Å². The SMILES string of the molecule is CC(=O)OCC(F)(F)C(F)(F)CC(F)F. The first kappa shape index (κ1) is 14.0. The highest BCUT2D eigenvalue weighted by Crippen LogP contribution is 2.38. The minimum absolute atomic E-state index is 0.737. The molecule has 15 heavy (non-hydrogen) atoms. The van der Waals surface area contributed by atoms with Gasteiger partial charge in [-0.25, -0.2) is 8.78 Å². The summed E-state index contributed by atoms with van der Waals surface area (Å²) in [7, 11) is 0. The summed E-state index contributed by atoms with van der Waals surface area (Å²) < 4.78 is 76.8. The predicted octanol–water partition coefficient (Wildman–Crippen LogP) is 2.48. The summed E-state index contributed by atoms with van der Waals surface area (Å²) in [6.45, 7) is -1.18. The zero-order valence-corrected chi connectivity index (χ0v) is 7.58. The van der Waals surface area contributed by atoms with Gasteiger partial charge in [0.2, 0.25) is 6.43 Å². The van der Waals surface area contributed by atoms with Crippen LogP contribution in [0.25, 0.3) is 0 Å². The number of hydrogen-bond acceptors (Lipinski definition) is 2. The maximum absolute atomic E-state index is 12.6. The highest BCUT2D eigenvalue weighted by molar-refractivity contribution is 5.65. The quantitative estimate of drug-likeness (QED) is 0.543. The molecule has 0 radical (unpaired) electrons. The van der Waals surface area contributed by atoms with Crippen molar-refractivity contribution in [1.29, 1.82) is 0 Å². The van der Waals surface area contributed by atoms with Crippen LogP contribution in [0.2, 0.25) is 0 Å². The Hall–Kier alpha value is -0.950. The third-order valence-electron chi connectivity index (χ3n) is 1.40. The van der Waals surface area contributed by atoms with Crippen LogP contribution in [-0.2, 0) is 9.53 Å². The van der Waals surface area contributed by atoms with Crippen LogP contribution < -0.4 is 0 Å². The van der Waals surface area contributed by atoms with Gasteiger partial charge in [0.05, 0.1) is 6.42 Å². The van der Waals surface area contributed by atoms with E-state index in [9.17, 15) is 31.1 Å². The van der Waals surface area contributed by atoms with Crippen LogP contribution in [-0.4, -0.2) is 30.8 Å². The van der Waals surface area contributed by atoms with Crippen molar-refractivity contribution in [2.24, 2.45) is 0 Å². The fourth-order valence-corrected chi connectivity index (χ4v) is 0.641. The van der Waals surface area contributed by atoms with Gasteiger partial charge in [0.15, 0.2) is 6.61 Å². The number of hydrogen-bond donors (Lipinski definition) is 0. The summed E-state index contributed by atoms with van der Waals surface area (Å²) in [5.41, 5.74) is 0. The molecule has 0 fully saturated rings. The van der Waals surface area contributed by atoms with E-state index in [1.165, 1.54) is 0 Å². The summed E-state index contributed by atoms with van der Waals surface area (Å²) in [5, 5.41) is 0. The molecule has 0 N–H and O–H groups in total. The van der Waals surface area contributed by atoms with E-state index in [-0.39, 0.29) is 0 Å². The number of esters is 1. The van der Waals surface area contributed by atoms with Crippen molar-refractivity contribution in [3.8, 4) is 0 Å². The molecule has 8 heteroatoms. The van der Waals surface area contributed by atoms with E-state index in [2.05, 4.69) is 4.74 Å². The summed E-state index contributed by atoms with van der Waals surface area (Å²) in [6, 6.07) is 0. The van der Waals surface area contributed by atoms with Crippen molar-refractivity contribution in [2.75, 3.05) is 6.61 Å². The number of carbonyl (C=O) groups excluding carboxylic acids is 1. The average molecular weight is 238 g/mol. The van der Waals surface area contributed by atoms with Gasteiger partial charge in [-0.3, -0.25) is 4.79 Å². The van der Waals surface area contributed by atoms with Crippen LogP contribution >= 0.6 is 0 Å². The lowest BCUT2D eigenvalue weighted by Gasteiger charge is -2.25. The van der Waals surface area contributed by atoms with Gasteiger partial charge < -0.3 is 4.74 Å². The second-order valence-electron chi connectivity index (χ2n) is 2.78. The number of carbonyl (C=O) groups is 1. The molecule has 0 unspecified atom stereocenters. The van der Waals surface area contributed by atoms with Gasteiger partial charge in [0.25, 0.3) is 0 Å². The first-order chi connectivity index (χ1) is 6.58. The summed E-state index contributed by atoms with van der Waals surface area (Å²) in [6.07, 6.45) is -5.84. The Morgan fingerprint density at radius 3 is 2.00 bits per heavy atom. The fraction of sp³-hybridized carbons (Fsp3) is 0.857. The van der Waals surface area contributed by atoms with Crippen molar-refractivity contribution < 1.29 is 35.9 Å². The summed E-state index contributed by atoms with van der Waals surface area (Å²) in [5.74, 6) is -10.9. The highest BCUT2D eigenvalue weighted by atomic mass is 19.3. The molecule has 0 rings (SSSR count). The van der Waals surface area contributed by atoms with Crippen molar-refractivity contribution in [3.05, 3.63) is 0 Å². The number of ether oxygens (including phenoxy) is 1. The molecule has 0 atom stereocenters. The molecule has 0 aromatic rings. The molecule has 0 aliphatic rings. The molecule has 0 heterocycles. The van der Waals surface area contributed by atoms with Gasteiger partial charge in [-0.2, -0.15) is 17.6 Å². The first-order valence-corrected chi connectivity index (χ1v) is 3.75. The van der Waals surface area contributed by atoms with Crippen molar-refractivity contribution in [1.82, 2.24) is 0 Å². The molecule has 0 bridgehead atoms. The standard InChI is InChI=1S/C7H8F6O2/c1-4(14)15-3-7(12,13)6(10,11)2-5(8)9/h5H,2-3H2,1H3. The Kier molecular flexibility index (Phi) is 4.42. The number of halogens is 6. The topological polar surface area (TPSA) is 26.3 Å². The second-order valence-corrected chi connectivity index (χ2v) is 2.78. The Balaban J connectivity index is 4.46. The minimum atomic E-state index is -4.91. The van der Waals surface area contributed by atoms with E-state index in [0.717, 1.165) is 6.92 Å². The maximum atomic E-state index is 12.6. The molecule has 0 saturated carbocycles. The van der Waals surface area contributed by atoms with Gasteiger partial charge in [0.1, 0.15) is 0 Å². The van der Waals surface area contributed by atoms with Crippen LogP contribution in [0.3, 0.4) is 0 Å². The second kappa shape index (κ2) is 4.71. The van der Waals surface area contributed by atoms with Crippen LogP contribution in [0.1, 0.15) is 13.3 Å². The number of alkyl halides is 6. The summed E-state index contributed by atoms with van der Waals surface area (Å²) in [4.78, 5) is 10.1. The lowest BCUT2D eigenvalue weighted by Crippen LogP contribution is -2.45. The van der Waals surface area contributed by atoms with E-state index < -0.39 is 37.3 Å². The van der Waals surface area contributed by atoms with Gasteiger partial charge in [0, 0.05) is 6.92 Å². The molecule has 0 aromatic carbocycles. The molecular weight excluding hydrogens is 230 g/mol.